The third-order valence-corrected chi connectivity index (χ3v) is 3.27. The molecule has 0 spiro atoms. The lowest BCUT2D eigenvalue weighted by atomic mass is 9.92. The van der Waals surface area contributed by atoms with Gasteiger partial charge >= 0.3 is 0 Å². The lowest BCUT2D eigenvalue weighted by Gasteiger charge is -2.30. The average Bonchev–Trinajstić information content (AvgIpc) is 2.48. The Morgan fingerprint density at radius 3 is 2.80 bits per heavy atom. The van der Waals surface area contributed by atoms with E-state index in [2.05, 4.69) is 23.4 Å². The van der Waals surface area contributed by atoms with Gasteiger partial charge in [0.15, 0.2) is 0 Å². The summed E-state index contributed by atoms with van der Waals surface area (Å²) in [5, 5.41) is 0. The largest absolute Gasteiger partial charge is 0.330 e. The Labute approximate surface area is 91.7 Å². The topological polar surface area (TPSA) is 43.8 Å². The molecule has 1 aromatic rings. The normalized spacial score (nSPS) is 19.2. The minimum Gasteiger partial charge on any atom is -0.330 e. The highest BCUT2D eigenvalue weighted by Crippen LogP contribution is 2.34. The molecule has 1 atom stereocenters. The Morgan fingerprint density at radius 2 is 2.27 bits per heavy atom. The molecule has 0 amide bonds. The maximum absolute atomic E-state index is 6.20. The van der Waals surface area contributed by atoms with E-state index in [1.54, 1.807) is 0 Å². The molecule has 15 heavy (non-hydrogen) atoms. The predicted octanol–water partition coefficient (Wildman–Crippen LogP) is 2.65. The Kier molecular flexibility index (Phi) is 3.10. The van der Waals surface area contributed by atoms with E-state index in [0.717, 1.165) is 6.42 Å². The highest BCUT2D eigenvalue weighted by atomic mass is 15.1. The summed E-state index contributed by atoms with van der Waals surface area (Å²) in [4.78, 5) is 4.24. The Bertz CT molecular complexity index is 312. The van der Waals surface area contributed by atoms with Gasteiger partial charge in [-0.1, -0.05) is 13.8 Å². The summed E-state index contributed by atoms with van der Waals surface area (Å²) in [5.74, 6) is 0.643. The lowest BCUT2D eigenvalue weighted by molar-refractivity contribution is 0.300. The van der Waals surface area contributed by atoms with Gasteiger partial charge in [-0.25, -0.2) is 4.98 Å². The van der Waals surface area contributed by atoms with Crippen LogP contribution in [0.3, 0.4) is 0 Å². The summed E-state index contributed by atoms with van der Waals surface area (Å²) >= 11 is 0. The van der Waals surface area contributed by atoms with Gasteiger partial charge in [-0.3, -0.25) is 0 Å². The molecule has 3 heteroatoms. The molecular weight excluding hydrogens is 186 g/mol. The zero-order chi connectivity index (χ0) is 10.8. The van der Waals surface area contributed by atoms with Crippen molar-refractivity contribution in [2.75, 3.05) is 0 Å². The molecule has 0 bridgehead atoms. The molecule has 2 N–H and O–H groups in total. The van der Waals surface area contributed by atoms with E-state index in [4.69, 9.17) is 5.73 Å². The molecule has 0 aliphatic heterocycles. The van der Waals surface area contributed by atoms with Crippen molar-refractivity contribution < 1.29 is 0 Å². The number of nitrogens with two attached hydrogens (primary N) is 1. The van der Waals surface area contributed by atoms with E-state index in [1.807, 2.05) is 12.5 Å². The molecule has 2 rings (SSSR count). The minimum absolute atomic E-state index is 0.146. The second-order valence-corrected chi connectivity index (χ2v) is 5.05. The van der Waals surface area contributed by atoms with Crippen molar-refractivity contribution in [3.8, 4) is 0 Å². The molecule has 1 fully saturated rings. The van der Waals surface area contributed by atoms with Crippen molar-refractivity contribution in [2.24, 2.45) is 11.7 Å². The van der Waals surface area contributed by atoms with Gasteiger partial charge in [0, 0.05) is 18.3 Å². The van der Waals surface area contributed by atoms with E-state index >= 15 is 0 Å². The molecule has 0 radical (unpaired) electrons. The first-order valence-corrected chi connectivity index (χ1v) is 5.95. The number of hydrogen-bond donors (Lipinski definition) is 1. The Hall–Kier alpha value is -0.830. The van der Waals surface area contributed by atoms with Crippen LogP contribution in [0.2, 0.25) is 0 Å². The molecule has 0 saturated heterocycles. The summed E-state index contributed by atoms with van der Waals surface area (Å²) in [6.07, 6.45) is 8.85. The average molecular weight is 207 g/mol. The summed E-state index contributed by atoms with van der Waals surface area (Å²) in [6.45, 7) is 4.42. The van der Waals surface area contributed by atoms with Crippen molar-refractivity contribution in [1.29, 1.82) is 0 Å². The van der Waals surface area contributed by atoms with Crippen LogP contribution in [0.1, 0.15) is 57.3 Å². The van der Waals surface area contributed by atoms with Crippen molar-refractivity contribution in [3.63, 3.8) is 0 Å². The van der Waals surface area contributed by atoms with Gasteiger partial charge in [0.1, 0.15) is 0 Å². The van der Waals surface area contributed by atoms with Gasteiger partial charge in [-0.05, 0) is 31.6 Å². The maximum atomic E-state index is 6.20. The van der Waals surface area contributed by atoms with Gasteiger partial charge < -0.3 is 10.3 Å². The van der Waals surface area contributed by atoms with Crippen LogP contribution >= 0.6 is 0 Å². The standard InChI is InChI=1S/C12H21N3/c1-9(2)6-11(13)12-7-14-8-15(12)10-4-3-5-10/h7-11H,3-6,13H2,1-2H3. The van der Waals surface area contributed by atoms with E-state index in [-0.39, 0.29) is 6.04 Å². The zero-order valence-corrected chi connectivity index (χ0v) is 9.69. The van der Waals surface area contributed by atoms with E-state index in [9.17, 15) is 0 Å². The highest BCUT2D eigenvalue weighted by Gasteiger charge is 2.23. The Morgan fingerprint density at radius 1 is 1.53 bits per heavy atom. The minimum atomic E-state index is 0.146. The van der Waals surface area contributed by atoms with Crippen LogP contribution in [0.4, 0.5) is 0 Å². The number of aromatic nitrogens is 2. The first-order valence-electron chi connectivity index (χ1n) is 5.95. The van der Waals surface area contributed by atoms with Crippen LogP contribution in [0, 0.1) is 5.92 Å². The SMILES string of the molecule is CC(C)CC(N)c1cncn1C1CCC1. The van der Waals surface area contributed by atoms with Crippen LogP contribution < -0.4 is 5.73 Å². The number of nitrogens with zero attached hydrogens (tertiary/aromatic N) is 2. The summed E-state index contributed by atoms with van der Waals surface area (Å²) < 4.78 is 2.29. The second-order valence-electron chi connectivity index (χ2n) is 5.05. The maximum Gasteiger partial charge on any atom is 0.0951 e. The molecule has 1 aliphatic carbocycles. The van der Waals surface area contributed by atoms with Gasteiger partial charge in [-0.15, -0.1) is 0 Å². The van der Waals surface area contributed by atoms with Crippen LogP contribution in [0.15, 0.2) is 12.5 Å². The molecule has 84 valence electrons. The van der Waals surface area contributed by atoms with Crippen LogP contribution in [-0.4, -0.2) is 9.55 Å². The van der Waals surface area contributed by atoms with Crippen LogP contribution in [-0.2, 0) is 0 Å². The summed E-state index contributed by atoms with van der Waals surface area (Å²) in [7, 11) is 0. The van der Waals surface area contributed by atoms with Gasteiger partial charge in [0.2, 0.25) is 0 Å². The third-order valence-electron chi connectivity index (χ3n) is 3.27. The zero-order valence-electron chi connectivity index (χ0n) is 9.69. The number of rotatable bonds is 4. The molecule has 1 aliphatic rings. The van der Waals surface area contributed by atoms with Crippen molar-refractivity contribution >= 4 is 0 Å². The monoisotopic (exact) mass is 207 g/mol. The van der Waals surface area contributed by atoms with Crippen LogP contribution in [0.25, 0.3) is 0 Å². The Balaban J connectivity index is 2.09. The van der Waals surface area contributed by atoms with E-state index in [0.29, 0.717) is 12.0 Å². The number of hydrogen-bond acceptors (Lipinski definition) is 2. The third kappa shape index (κ3) is 2.23. The predicted molar refractivity (Wildman–Crippen MR) is 61.5 cm³/mol. The fourth-order valence-electron chi connectivity index (χ4n) is 2.20. The van der Waals surface area contributed by atoms with Crippen LogP contribution in [0.5, 0.6) is 0 Å². The fourth-order valence-corrected chi connectivity index (χ4v) is 2.20. The van der Waals surface area contributed by atoms with Gasteiger partial charge in [0.05, 0.1) is 12.0 Å². The van der Waals surface area contributed by atoms with Gasteiger partial charge in [-0.2, -0.15) is 0 Å². The summed E-state index contributed by atoms with van der Waals surface area (Å²) in [5.41, 5.74) is 7.41. The summed E-state index contributed by atoms with van der Waals surface area (Å²) in [6, 6.07) is 0.814. The molecule has 1 unspecified atom stereocenters. The molecule has 0 aromatic carbocycles. The van der Waals surface area contributed by atoms with Gasteiger partial charge in [0.25, 0.3) is 0 Å². The fraction of sp³-hybridized carbons (Fsp3) is 0.750. The first-order chi connectivity index (χ1) is 7.18. The van der Waals surface area contributed by atoms with Crippen molar-refractivity contribution in [1.82, 2.24) is 9.55 Å². The lowest BCUT2D eigenvalue weighted by Crippen LogP contribution is -2.23. The first kappa shape index (κ1) is 10.7. The molecule has 1 aromatic heterocycles. The molecular formula is C12H21N3. The second kappa shape index (κ2) is 4.35. The van der Waals surface area contributed by atoms with E-state index in [1.165, 1.54) is 25.0 Å². The van der Waals surface area contributed by atoms with Crippen molar-refractivity contribution in [2.45, 2.75) is 51.6 Å². The smallest absolute Gasteiger partial charge is 0.0951 e. The van der Waals surface area contributed by atoms with E-state index < -0.39 is 0 Å². The number of imidazole rings is 1. The quantitative estimate of drug-likeness (QED) is 0.825. The molecule has 3 nitrogen and oxygen atoms in total. The highest BCUT2D eigenvalue weighted by molar-refractivity contribution is 5.07. The molecule has 1 saturated carbocycles. The van der Waals surface area contributed by atoms with Crippen molar-refractivity contribution in [3.05, 3.63) is 18.2 Å². The molecule has 1 heterocycles.